The van der Waals surface area contributed by atoms with Gasteiger partial charge in [0.25, 0.3) is 0 Å². The Bertz CT molecular complexity index is 852. The average Bonchev–Trinajstić information content (AvgIpc) is 3.01. The number of aryl methyl sites for hydroxylation is 1. The van der Waals surface area contributed by atoms with Crippen molar-refractivity contribution >= 4 is 16.5 Å². The van der Waals surface area contributed by atoms with Crippen LogP contribution in [0.1, 0.15) is 31.4 Å². The molecule has 1 aliphatic carbocycles. The van der Waals surface area contributed by atoms with Crippen molar-refractivity contribution in [2.75, 3.05) is 13.2 Å². The molecule has 3 nitrogen and oxygen atoms in total. The van der Waals surface area contributed by atoms with Gasteiger partial charge in [0.15, 0.2) is 0 Å². The highest BCUT2D eigenvalue weighted by Crippen LogP contribution is 2.28. The summed E-state index contributed by atoms with van der Waals surface area (Å²) in [6.45, 7) is 0.973. The minimum absolute atomic E-state index is 0.263. The first-order valence-electron chi connectivity index (χ1n) is 9.24. The van der Waals surface area contributed by atoms with Crippen molar-refractivity contribution in [2.24, 2.45) is 7.05 Å². The Kier molecular flexibility index (Phi) is 6.43. The molecular weight excluding hydrogens is 322 g/mol. The molecule has 0 aliphatic heterocycles. The number of allylic oxidation sites excluding steroid dienone is 8. The highest BCUT2D eigenvalue weighted by atomic mass is 16.5. The molecule has 26 heavy (non-hydrogen) atoms. The zero-order valence-corrected chi connectivity index (χ0v) is 15.3. The van der Waals surface area contributed by atoms with Gasteiger partial charge in [0.1, 0.15) is 23.5 Å². The van der Waals surface area contributed by atoms with Gasteiger partial charge in [-0.25, -0.2) is 0 Å². The van der Waals surface area contributed by atoms with E-state index in [1.807, 2.05) is 18.2 Å². The third-order valence-corrected chi connectivity index (χ3v) is 4.51. The van der Waals surface area contributed by atoms with Crippen LogP contribution in [0.3, 0.4) is 0 Å². The highest BCUT2D eigenvalue weighted by Gasteiger charge is 2.13. The zero-order valence-electron chi connectivity index (χ0n) is 15.3. The number of hydrogen-bond acceptors (Lipinski definition) is 2. The molecule has 0 bridgehead atoms. The Morgan fingerprint density at radius 2 is 2.00 bits per heavy atom. The van der Waals surface area contributed by atoms with E-state index in [-0.39, 0.29) is 6.61 Å². The van der Waals surface area contributed by atoms with E-state index in [1.165, 1.54) is 22.2 Å². The van der Waals surface area contributed by atoms with Gasteiger partial charge in [-0.2, -0.15) is 0 Å². The van der Waals surface area contributed by atoms with Gasteiger partial charge in [-0.15, -0.1) is 0 Å². The van der Waals surface area contributed by atoms with Gasteiger partial charge in [0, 0.05) is 31.2 Å². The summed E-state index contributed by atoms with van der Waals surface area (Å²) in [6, 6.07) is 8.50. The van der Waals surface area contributed by atoms with Crippen molar-refractivity contribution in [3.8, 4) is 5.75 Å². The first-order chi connectivity index (χ1) is 12.8. The van der Waals surface area contributed by atoms with Gasteiger partial charge in [-0.3, -0.25) is 0 Å². The fourth-order valence-electron chi connectivity index (χ4n) is 3.07. The molecule has 1 heterocycles. The lowest BCUT2D eigenvalue weighted by atomic mass is 10.1. The van der Waals surface area contributed by atoms with Crippen molar-refractivity contribution in [2.45, 2.75) is 25.7 Å². The summed E-state index contributed by atoms with van der Waals surface area (Å²) in [5.41, 5.74) is 3.56. The van der Waals surface area contributed by atoms with E-state index in [0.717, 1.165) is 31.4 Å². The van der Waals surface area contributed by atoms with Crippen LogP contribution >= 0.6 is 0 Å². The Morgan fingerprint density at radius 1 is 1.15 bits per heavy atom. The molecule has 1 aliphatic rings. The molecule has 0 atom stereocenters. The standard InChI is InChI=1S/C23H26NO2/c1-24-22(19-11-7-6-8-12-19)17-20-13-14-21(18-23(20)24)26-16-10-5-3-2-4-9-15-25/h2-3,7-8,11-14,17-18,25H,4-5,9-10,15-16H2,1H3/q+1/b3-2+. The maximum atomic E-state index is 8.74. The zero-order chi connectivity index (χ0) is 18.2. The smallest absolute Gasteiger partial charge is 0.121 e. The number of nitrogens with zero attached hydrogens (tertiary/aromatic N) is 1. The van der Waals surface area contributed by atoms with Crippen LogP contribution in [0.25, 0.3) is 16.5 Å². The lowest BCUT2D eigenvalue weighted by Crippen LogP contribution is -1.98. The molecule has 1 N–H and O–H groups in total. The number of ether oxygens (including phenoxy) is 1. The van der Waals surface area contributed by atoms with Crippen molar-refractivity contribution in [3.05, 3.63) is 72.5 Å². The molecule has 0 radical (unpaired) electrons. The maximum absolute atomic E-state index is 8.74. The molecule has 134 valence electrons. The summed E-state index contributed by atoms with van der Waals surface area (Å²) in [7, 11) is 2.09. The van der Waals surface area contributed by atoms with Crippen LogP contribution in [0.2, 0.25) is 0 Å². The normalized spacial score (nSPS) is 13.4. The second-order valence-electron chi connectivity index (χ2n) is 6.43. The van der Waals surface area contributed by atoms with Gasteiger partial charge in [0.05, 0.1) is 30.0 Å². The van der Waals surface area contributed by atoms with Crippen LogP contribution in [-0.4, -0.2) is 22.9 Å². The Balaban J connectivity index is 1.60. The molecule has 0 saturated heterocycles. The van der Waals surface area contributed by atoms with Crippen molar-refractivity contribution in [1.82, 2.24) is 4.57 Å². The SMILES string of the molecule is Cn1c(C2=CC=[C+]C=C2)cc2ccc(OCCC/C=C/CCCO)cc21. The van der Waals surface area contributed by atoms with Crippen LogP contribution < -0.4 is 4.74 Å². The summed E-state index contributed by atoms with van der Waals surface area (Å²) < 4.78 is 8.13. The number of aliphatic hydroxyl groups excluding tert-OH is 1. The number of unbranched alkanes of at least 4 members (excludes halogenated alkanes) is 2. The molecule has 0 fully saturated rings. The summed E-state index contributed by atoms with van der Waals surface area (Å²) in [5.74, 6) is 0.913. The fourth-order valence-corrected chi connectivity index (χ4v) is 3.07. The van der Waals surface area contributed by atoms with E-state index >= 15 is 0 Å². The lowest BCUT2D eigenvalue weighted by molar-refractivity contribution is 0.289. The van der Waals surface area contributed by atoms with E-state index in [9.17, 15) is 0 Å². The van der Waals surface area contributed by atoms with E-state index in [4.69, 9.17) is 9.84 Å². The molecule has 1 aromatic heterocycles. The number of fused-ring (bicyclic) bond motifs is 1. The van der Waals surface area contributed by atoms with E-state index < -0.39 is 0 Å². The molecule has 1 aromatic carbocycles. The molecule has 0 saturated carbocycles. The minimum Gasteiger partial charge on any atom is -0.494 e. The van der Waals surface area contributed by atoms with E-state index in [2.05, 4.69) is 60.2 Å². The molecule has 0 spiro atoms. The van der Waals surface area contributed by atoms with Crippen molar-refractivity contribution in [3.63, 3.8) is 0 Å². The van der Waals surface area contributed by atoms with Gasteiger partial charge >= 0.3 is 0 Å². The molecule has 0 unspecified atom stereocenters. The van der Waals surface area contributed by atoms with Crippen molar-refractivity contribution < 1.29 is 9.84 Å². The summed E-state index contributed by atoms with van der Waals surface area (Å²) in [6.07, 6.45) is 19.2. The largest absolute Gasteiger partial charge is 0.494 e. The molecule has 2 aromatic rings. The monoisotopic (exact) mass is 348 g/mol. The molecule has 3 heteroatoms. The maximum Gasteiger partial charge on any atom is 0.121 e. The summed E-state index contributed by atoms with van der Waals surface area (Å²) in [5, 5.41) is 9.95. The molecule has 0 amide bonds. The van der Waals surface area contributed by atoms with E-state index in [0.29, 0.717) is 6.61 Å². The summed E-state index contributed by atoms with van der Waals surface area (Å²) in [4.78, 5) is 0. The lowest BCUT2D eigenvalue weighted by Gasteiger charge is -2.07. The van der Waals surface area contributed by atoms with Gasteiger partial charge < -0.3 is 14.4 Å². The second kappa shape index (κ2) is 9.19. The molecule has 3 rings (SSSR count). The van der Waals surface area contributed by atoms with Crippen molar-refractivity contribution in [1.29, 1.82) is 0 Å². The first kappa shape index (κ1) is 18.2. The Morgan fingerprint density at radius 3 is 2.77 bits per heavy atom. The second-order valence-corrected chi connectivity index (χ2v) is 6.43. The highest BCUT2D eigenvalue weighted by molar-refractivity contribution is 5.89. The number of rotatable bonds is 9. The van der Waals surface area contributed by atoms with Gasteiger partial charge in [-0.1, -0.05) is 12.2 Å². The first-order valence-corrected chi connectivity index (χ1v) is 9.24. The topological polar surface area (TPSA) is 34.4 Å². The van der Waals surface area contributed by atoms with Gasteiger partial charge in [0.2, 0.25) is 0 Å². The predicted octanol–water partition coefficient (Wildman–Crippen LogP) is 4.98. The number of aliphatic hydroxyl groups is 1. The van der Waals surface area contributed by atoms with Crippen LogP contribution in [0.5, 0.6) is 5.75 Å². The van der Waals surface area contributed by atoms with Crippen LogP contribution in [-0.2, 0) is 7.05 Å². The fraction of sp³-hybridized carbons (Fsp3) is 0.304. The third-order valence-electron chi connectivity index (χ3n) is 4.51. The quantitative estimate of drug-likeness (QED) is 0.394. The minimum atomic E-state index is 0.263. The Hall–Kier alpha value is -2.61. The number of hydrogen-bond donors (Lipinski definition) is 1. The number of aromatic nitrogens is 1. The predicted molar refractivity (Wildman–Crippen MR) is 108 cm³/mol. The van der Waals surface area contributed by atoms with E-state index in [1.54, 1.807) is 0 Å². The third kappa shape index (κ3) is 4.51. The summed E-state index contributed by atoms with van der Waals surface area (Å²) >= 11 is 0. The Labute approximate surface area is 155 Å². The van der Waals surface area contributed by atoms with Gasteiger partial charge in [-0.05, 0) is 43.9 Å². The van der Waals surface area contributed by atoms with Crippen LogP contribution in [0.15, 0.2) is 60.7 Å². The van der Waals surface area contributed by atoms with Crippen LogP contribution in [0, 0.1) is 6.08 Å². The molecular formula is C23H26NO2+. The average molecular weight is 348 g/mol. The number of benzene rings is 1. The van der Waals surface area contributed by atoms with Crippen LogP contribution in [0.4, 0.5) is 0 Å².